The van der Waals surface area contributed by atoms with E-state index in [2.05, 4.69) is 10.2 Å². The summed E-state index contributed by atoms with van der Waals surface area (Å²) in [6.07, 6.45) is 0. The van der Waals surface area contributed by atoms with Crippen LogP contribution in [0.15, 0.2) is 84.0 Å². The van der Waals surface area contributed by atoms with Crippen molar-refractivity contribution in [1.29, 1.82) is 0 Å². The van der Waals surface area contributed by atoms with Crippen molar-refractivity contribution in [3.63, 3.8) is 0 Å². The Morgan fingerprint density at radius 1 is 1.00 bits per heavy atom. The van der Waals surface area contributed by atoms with Crippen molar-refractivity contribution in [3.8, 4) is 22.8 Å². The van der Waals surface area contributed by atoms with Gasteiger partial charge in [0, 0.05) is 23.6 Å². The van der Waals surface area contributed by atoms with Crippen molar-refractivity contribution in [2.75, 3.05) is 7.11 Å². The molecule has 4 aromatic rings. The van der Waals surface area contributed by atoms with Gasteiger partial charge in [-0.25, -0.2) is 0 Å². The molecule has 3 aromatic carbocycles. The van der Waals surface area contributed by atoms with Gasteiger partial charge in [0.25, 0.3) is 5.69 Å². The molecule has 30 heavy (non-hydrogen) atoms. The lowest BCUT2D eigenvalue weighted by molar-refractivity contribution is -0.384. The van der Waals surface area contributed by atoms with Crippen LogP contribution >= 0.6 is 11.8 Å². The Morgan fingerprint density at radius 2 is 1.77 bits per heavy atom. The van der Waals surface area contributed by atoms with Crippen LogP contribution in [-0.4, -0.2) is 26.8 Å². The van der Waals surface area contributed by atoms with E-state index in [1.807, 2.05) is 65.2 Å². The van der Waals surface area contributed by atoms with Crippen molar-refractivity contribution >= 4 is 17.4 Å². The Labute approximate surface area is 177 Å². The van der Waals surface area contributed by atoms with Crippen LogP contribution in [0.5, 0.6) is 5.75 Å². The normalized spacial score (nSPS) is 10.7. The quantitative estimate of drug-likeness (QED) is 0.235. The van der Waals surface area contributed by atoms with Gasteiger partial charge in [-0.3, -0.25) is 14.7 Å². The van der Waals surface area contributed by atoms with Gasteiger partial charge in [-0.15, -0.1) is 10.2 Å². The number of nitrogens with zero attached hydrogens (tertiary/aromatic N) is 4. The molecule has 7 nitrogen and oxygen atoms in total. The number of benzene rings is 3. The van der Waals surface area contributed by atoms with Gasteiger partial charge in [-0.1, -0.05) is 54.2 Å². The number of methoxy groups -OCH3 is 1. The molecule has 0 aliphatic heterocycles. The molecule has 0 spiro atoms. The van der Waals surface area contributed by atoms with Crippen molar-refractivity contribution in [3.05, 3.63) is 94.5 Å². The summed E-state index contributed by atoms with van der Waals surface area (Å²) >= 11 is 1.47. The van der Waals surface area contributed by atoms with E-state index in [4.69, 9.17) is 4.74 Å². The van der Waals surface area contributed by atoms with Crippen molar-refractivity contribution in [1.82, 2.24) is 14.8 Å². The molecule has 0 aliphatic carbocycles. The summed E-state index contributed by atoms with van der Waals surface area (Å²) in [5.41, 5.74) is 2.67. The summed E-state index contributed by atoms with van der Waals surface area (Å²) in [5.74, 6) is 1.90. The summed E-state index contributed by atoms with van der Waals surface area (Å²) in [7, 11) is 1.63. The predicted molar refractivity (Wildman–Crippen MR) is 116 cm³/mol. The number of rotatable bonds is 7. The molecular formula is C22H18N4O3S. The largest absolute Gasteiger partial charge is 0.496 e. The zero-order chi connectivity index (χ0) is 20.9. The zero-order valence-corrected chi connectivity index (χ0v) is 17.0. The minimum absolute atomic E-state index is 0.0762. The third-order valence-corrected chi connectivity index (χ3v) is 5.49. The van der Waals surface area contributed by atoms with Crippen LogP contribution in [-0.2, 0) is 5.75 Å². The average molecular weight is 418 g/mol. The highest BCUT2D eigenvalue weighted by atomic mass is 32.2. The number of hydrogen-bond donors (Lipinski definition) is 0. The maximum Gasteiger partial charge on any atom is 0.269 e. The van der Waals surface area contributed by atoms with Gasteiger partial charge in [0.1, 0.15) is 5.75 Å². The highest BCUT2D eigenvalue weighted by Gasteiger charge is 2.19. The first-order valence-corrected chi connectivity index (χ1v) is 10.2. The third kappa shape index (κ3) is 4.04. The number of aromatic nitrogens is 3. The molecule has 8 heteroatoms. The second kappa shape index (κ2) is 8.79. The van der Waals surface area contributed by atoms with E-state index in [0.717, 1.165) is 16.8 Å². The molecule has 0 fully saturated rings. The van der Waals surface area contributed by atoms with E-state index in [0.29, 0.717) is 22.5 Å². The van der Waals surface area contributed by atoms with Crippen LogP contribution in [0.2, 0.25) is 0 Å². The fourth-order valence-electron chi connectivity index (χ4n) is 3.08. The standard InChI is InChI=1S/C22H18N4O3S/c1-29-20-13-6-5-12-19(20)21-23-24-22(25(21)17-9-3-2-4-10-17)30-15-16-8-7-11-18(14-16)26(27)28/h2-14H,15H2,1H3. The number of nitro benzene ring substituents is 1. The lowest BCUT2D eigenvalue weighted by Crippen LogP contribution is -2.00. The summed E-state index contributed by atoms with van der Waals surface area (Å²) in [6, 6.07) is 24.1. The van der Waals surface area contributed by atoms with Gasteiger partial charge in [0.05, 0.1) is 17.6 Å². The summed E-state index contributed by atoms with van der Waals surface area (Å²) in [4.78, 5) is 10.7. The molecule has 150 valence electrons. The van der Waals surface area contributed by atoms with E-state index in [1.54, 1.807) is 19.2 Å². The Bertz CT molecular complexity index is 1180. The maximum atomic E-state index is 11.0. The molecule has 0 radical (unpaired) electrons. The summed E-state index contributed by atoms with van der Waals surface area (Å²) < 4.78 is 7.49. The Hall–Kier alpha value is -3.65. The molecule has 0 bridgehead atoms. The SMILES string of the molecule is COc1ccccc1-c1nnc(SCc2cccc([N+](=O)[O-])c2)n1-c1ccccc1. The number of nitro groups is 1. The van der Waals surface area contributed by atoms with Crippen molar-refractivity contribution in [2.24, 2.45) is 0 Å². The van der Waals surface area contributed by atoms with Crippen LogP contribution in [0.1, 0.15) is 5.56 Å². The number of hydrogen-bond acceptors (Lipinski definition) is 6. The van der Waals surface area contributed by atoms with Crippen LogP contribution in [0.3, 0.4) is 0 Å². The van der Waals surface area contributed by atoms with E-state index >= 15 is 0 Å². The first-order chi connectivity index (χ1) is 14.7. The minimum Gasteiger partial charge on any atom is -0.496 e. The second-order valence-corrected chi connectivity index (χ2v) is 7.34. The highest BCUT2D eigenvalue weighted by molar-refractivity contribution is 7.98. The number of para-hydroxylation sites is 2. The monoisotopic (exact) mass is 418 g/mol. The van der Waals surface area contributed by atoms with Gasteiger partial charge < -0.3 is 4.74 Å². The number of thioether (sulfide) groups is 1. The summed E-state index contributed by atoms with van der Waals surface area (Å²) in [5, 5.41) is 20.6. The van der Waals surface area contributed by atoms with Gasteiger partial charge >= 0.3 is 0 Å². The van der Waals surface area contributed by atoms with Gasteiger partial charge in [-0.05, 0) is 29.8 Å². The molecule has 0 N–H and O–H groups in total. The zero-order valence-electron chi connectivity index (χ0n) is 16.1. The van der Waals surface area contributed by atoms with Gasteiger partial charge in [0.15, 0.2) is 11.0 Å². The summed E-state index contributed by atoms with van der Waals surface area (Å²) in [6.45, 7) is 0. The van der Waals surface area contributed by atoms with E-state index < -0.39 is 0 Å². The van der Waals surface area contributed by atoms with Crippen LogP contribution in [0.25, 0.3) is 17.1 Å². The lowest BCUT2D eigenvalue weighted by Gasteiger charge is -2.12. The van der Waals surface area contributed by atoms with E-state index in [1.165, 1.54) is 17.8 Å². The predicted octanol–water partition coefficient (Wildman–Crippen LogP) is 5.14. The van der Waals surface area contributed by atoms with Crippen LogP contribution in [0, 0.1) is 10.1 Å². The fraction of sp³-hybridized carbons (Fsp3) is 0.0909. The van der Waals surface area contributed by atoms with E-state index in [-0.39, 0.29) is 10.6 Å². The van der Waals surface area contributed by atoms with Crippen molar-refractivity contribution in [2.45, 2.75) is 10.9 Å². The molecule has 0 atom stereocenters. The van der Waals surface area contributed by atoms with Crippen LogP contribution in [0.4, 0.5) is 5.69 Å². The number of non-ortho nitro benzene ring substituents is 1. The molecule has 0 saturated heterocycles. The molecule has 1 heterocycles. The Morgan fingerprint density at radius 3 is 2.53 bits per heavy atom. The lowest BCUT2D eigenvalue weighted by atomic mass is 10.2. The smallest absolute Gasteiger partial charge is 0.269 e. The van der Waals surface area contributed by atoms with Crippen LogP contribution < -0.4 is 4.74 Å². The Kier molecular flexibility index (Phi) is 5.76. The molecule has 0 amide bonds. The van der Waals surface area contributed by atoms with Gasteiger partial charge in [-0.2, -0.15) is 0 Å². The molecule has 1 aromatic heterocycles. The number of ether oxygens (including phenoxy) is 1. The molecular weight excluding hydrogens is 400 g/mol. The minimum atomic E-state index is -0.388. The first kappa shape index (κ1) is 19.7. The molecule has 0 saturated carbocycles. The van der Waals surface area contributed by atoms with Gasteiger partial charge in [0.2, 0.25) is 0 Å². The maximum absolute atomic E-state index is 11.0. The molecule has 0 aliphatic rings. The van der Waals surface area contributed by atoms with Crippen molar-refractivity contribution < 1.29 is 9.66 Å². The van der Waals surface area contributed by atoms with E-state index in [9.17, 15) is 10.1 Å². The molecule has 4 rings (SSSR count). The fourth-order valence-corrected chi connectivity index (χ4v) is 3.98. The third-order valence-electron chi connectivity index (χ3n) is 4.48. The topological polar surface area (TPSA) is 83.1 Å². The average Bonchev–Trinajstić information content (AvgIpc) is 3.22. The Balaban J connectivity index is 1.73. The first-order valence-electron chi connectivity index (χ1n) is 9.17. The molecule has 0 unspecified atom stereocenters. The second-order valence-electron chi connectivity index (χ2n) is 6.39. The highest BCUT2D eigenvalue weighted by Crippen LogP contribution is 2.34.